The van der Waals surface area contributed by atoms with Gasteiger partial charge in [-0.25, -0.2) is 4.79 Å². The van der Waals surface area contributed by atoms with Crippen molar-refractivity contribution in [3.8, 4) is 0 Å². The zero-order valence-electron chi connectivity index (χ0n) is 15.5. The Labute approximate surface area is 151 Å². The highest BCUT2D eigenvalue weighted by Gasteiger charge is 2.17. The lowest BCUT2D eigenvalue weighted by Gasteiger charge is -2.36. The van der Waals surface area contributed by atoms with Crippen molar-refractivity contribution in [2.45, 2.75) is 51.5 Å². The minimum atomic E-state index is -0.0761. The lowest BCUT2D eigenvalue weighted by Crippen LogP contribution is -2.46. The number of carbonyl (C=O) groups is 1. The zero-order valence-corrected chi connectivity index (χ0v) is 15.5. The summed E-state index contributed by atoms with van der Waals surface area (Å²) in [5.74, 6) is 0. The summed E-state index contributed by atoms with van der Waals surface area (Å²) in [5.41, 5.74) is 2.11. The van der Waals surface area contributed by atoms with E-state index < -0.39 is 0 Å². The second kappa shape index (κ2) is 9.09. The number of anilines is 2. The van der Waals surface area contributed by atoms with Gasteiger partial charge in [-0.2, -0.15) is 0 Å². The lowest BCUT2D eigenvalue weighted by molar-refractivity contribution is 0.244. The largest absolute Gasteiger partial charge is 0.369 e. The molecule has 1 heterocycles. The molecular weight excluding hydrogens is 312 g/mol. The number of carbonyl (C=O) groups excluding carboxylic acids is 1. The van der Waals surface area contributed by atoms with Crippen molar-refractivity contribution in [2.24, 2.45) is 0 Å². The van der Waals surface area contributed by atoms with E-state index in [0.717, 1.165) is 44.7 Å². The van der Waals surface area contributed by atoms with Crippen molar-refractivity contribution in [2.75, 3.05) is 42.9 Å². The van der Waals surface area contributed by atoms with Crippen molar-refractivity contribution < 1.29 is 4.79 Å². The number of rotatable bonds is 5. The van der Waals surface area contributed by atoms with Crippen LogP contribution in [0.1, 0.15) is 45.4 Å². The fourth-order valence-electron chi connectivity index (χ4n) is 3.90. The van der Waals surface area contributed by atoms with Crippen molar-refractivity contribution in [1.82, 2.24) is 10.2 Å². The molecule has 1 aromatic carbocycles. The summed E-state index contributed by atoms with van der Waals surface area (Å²) >= 11 is 0. The fraction of sp³-hybridized carbons (Fsp3) is 0.650. The number of nitrogens with one attached hydrogen (secondary N) is 2. The third kappa shape index (κ3) is 5.36. The van der Waals surface area contributed by atoms with Gasteiger partial charge >= 0.3 is 6.03 Å². The van der Waals surface area contributed by atoms with Crippen LogP contribution in [0, 0.1) is 0 Å². The van der Waals surface area contributed by atoms with Gasteiger partial charge in [-0.1, -0.05) is 26.2 Å². The molecule has 138 valence electrons. The Morgan fingerprint density at radius 3 is 2.36 bits per heavy atom. The molecule has 1 aliphatic carbocycles. The Bertz CT molecular complexity index is 531. The summed E-state index contributed by atoms with van der Waals surface area (Å²) in [4.78, 5) is 17.1. The van der Waals surface area contributed by atoms with Gasteiger partial charge in [-0.15, -0.1) is 0 Å². The average Bonchev–Trinajstić information content (AvgIpc) is 2.64. The molecule has 0 atom stereocenters. The predicted octanol–water partition coefficient (Wildman–Crippen LogP) is 3.67. The molecule has 5 heteroatoms. The van der Waals surface area contributed by atoms with Gasteiger partial charge < -0.3 is 15.5 Å². The second-order valence-corrected chi connectivity index (χ2v) is 7.31. The summed E-state index contributed by atoms with van der Waals surface area (Å²) in [6.07, 6.45) is 7.19. The third-order valence-electron chi connectivity index (χ3n) is 5.34. The third-order valence-corrected chi connectivity index (χ3v) is 5.34. The number of hydrogen-bond donors (Lipinski definition) is 2. The zero-order chi connectivity index (χ0) is 17.5. The Morgan fingerprint density at radius 1 is 1.04 bits per heavy atom. The van der Waals surface area contributed by atoms with Crippen LogP contribution in [-0.2, 0) is 0 Å². The van der Waals surface area contributed by atoms with Crippen LogP contribution in [0.25, 0.3) is 0 Å². The van der Waals surface area contributed by atoms with E-state index in [1.54, 1.807) is 0 Å². The summed E-state index contributed by atoms with van der Waals surface area (Å²) in [6.45, 7) is 7.87. The number of piperazine rings is 1. The lowest BCUT2D eigenvalue weighted by atomic mass is 9.96. The average molecular weight is 345 g/mol. The van der Waals surface area contributed by atoms with Crippen LogP contribution < -0.4 is 15.5 Å². The van der Waals surface area contributed by atoms with Crippen LogP contribution in [0.15, 0.2) is 24.3 Å². The number of amides is 2. The van der Waals surface area contributed by atoms with E-state index in [2.05, 4.69) is 39.5 Å². The van der Waals surface area contributed by atoms with Crippen LogP contribution in [0.5, 0.6) is 0 Å². The molecule has 0 spiro atoms. The van der Waals surface area contributed by atoms with Gasteiger partial charge in [-0.05, 0) is 50.1 Å². The molecule has 0 radical (unpaired) electrons. The molecule has 2 amide bonds. The molecule has 3 rings (SSSR count). The first-order valence-electron chi connectivity index (χ1n) is 9.89. The van der Waals surface area contributed by atoms with Gasteiger partial charge in [0.05, 0.1) is 0 Å². The number of hydrogen-bond acceptors (Lipinski definition) is 3. The Morgan fingerprint density at radius 2 is 1.72 bits per heavy atom. The first kappa shape index (κ1) is 18.1. The first-order valence-corrected chi connectivity index (χ1v) is 9.89. The summed E-state index contributed by atoms with van der Waals surface area (Å²) in [5, 5.41) is 6.06. The molecule has 0 unspecified atom stereocenters. The molecule has 2 aliphatic rings. The van der Waals surface area contributed by atoms with Crippen LogP contribution in [-0.4, -0.2) is 49.7 Å². The van der Waals surface area contributed by atoms with Crippen molar-refractivity contribution >= 4 is 17.4 Å². The number of nitrogens with zero attached hydrogens (tertiary/aromatic N) is 2. The van der Waals surface area contributed by atoms with Gasteiger partial charge in [0.1, 0.15) is 0 Å². The fourth-order valence-corrected chi connectivity index (χ4v) is 3.90. The predicted molar refractivity (Wildman–Crippen MR) is 104 cm³/mol. The van der Waals surface area contributed by atoms with Crippen LogP contribution in [0.4, 0.5) is 16.2 Å². The maximum absolute atomic E-state index is 12.1. The molecule has 0 bridgehead atoms. The Balaban J connectivity index is 1.46. The molecule has 2 N–H and O–H groups in total. The normalized spacial score (nSPS) is 19.6. The minimum absolute atomic E-state index is 0.0761. The summed E-state index contributed by atoms with van der Waals surface area (Å²) in [7, 11) is 0. The first-order chi connectivity index (χ1) is 12.2. The molecule has 25 heavy (non-hydrogen) atoms. The smallest absolute Gasteiger partial charge is 0.319 e. The van der Waals surface area contributed by atoms with Gasteiger partial charge in [-0.3, -0.25) is 4.90 Å². The Hall–Kier alpha value is -1.75. The minimum Gasteiger partial charge on any atom is -0.369 e. The van der Waals surface area contributed by atoms with Crippen molar-refractivity contribution in [1.29, 1.82) is 0 Å². The quantitative estimate of drug-likeness (QED) is 0.857. The molecule has 5 nitrogen and oxygen atoms in total. The second-order valence-electron chi connectivity index (χ2n) is 7.31. The van der Waals surface area contributed by atoms with E-state index in [1.165, 1.54) is 37.9 Å². The van der Waals surface area contributed by atoms with E-state index in [1.807, 2.05) is 12.1 Å². The highest BCUT2D eigenvalue weighted by atomic mass is 16.2. The van der Waals surface area contributed by atoms with E-state index in [4.69, 9.17) is 0 Å². The highest BCUT2D eigenvalue weighted by molar-refractivity contribution is 5.89. The van der Waals surface area contributed by atoms with Gasteiger partial charge in [0.2, 0.25) is 0 Å². The monoisotopic (exact) mass is 344 g/mol. The molecule has 1 aliphatic heterocycles. The maximum atomic E-state index is 12.1. The van der Waals surface area contributed by atoms with Crippen molar-refractivity contribution in [3.05, 3.63) is 24.3 Å². The standard InChI is InChI=1S/C20H32N4O/c1-2-12-23-13-15-24(16-14-23)19-10-8-18(9-11-19)22-20(25)21-17-6-4-3-5-7-17/h8-11,17H,2-7,12-16H2,1H3,(H2,21,22,25). The molecule has 0 aromatic heterocycles. The highest BCUT2D eigenvalue weighted by Crippen LogP contribution is 2.20. The van der Waals surface area contributed by atoms with Gasteiger partial charge in [0.15, 0.2) is 0 Å². The summed E-state index contributed by atoms with van der Waals surface area (Å²) < 4.78 is 0. The van der Waals surface area contributed by atoms with E-state index in [0.29, 0.717) is 6.04 Å². The van der Waals surface area contributed by atoms with Crippen molar-refractivity contribution in [3.63, 3.8) is 0 Å². The Kier molecular flexibility index (Phi) is 6.56. The van der Waals surface area contributed by atoms with Gasteiger partial charge in [0.25, 0.3) is 0 Å². The molecule has 2 fully saturated rings. The topological polar surface area (TPSA) is 47.6 Å². The molecule has 1 aromatic rings. The van der Waals surface area contributed by atoms with E-state index in [9.17, 15) is 4.79 Å². The molecular formula is C20H32N4O. The van der Waals surface area contributed by atoms with Crippen LogP contribution in [0.3, 0.4) is 0 Å². The maximum Gasteiger partial charge on any atom is 0.319 e. The number of benzene rings is 1. The van der Waals surface area contributed by atoms with Crippen LogP contribution in [0.2, 0.25) is 0 Å². The SMILES string of the molecule is CCCN1CCN(c2ccc(NC(=O)NC3CCCCC3)cc2)CC1. The molecule has 1 saturated heterocycles. The van der Waals surface area contributed by atoms with E-state index >= 15 is 0 Å². The number of urea groups is 1. The van der Waals surface area contributed by atoms with Crippen LogP contribution >= 0.6 is 0 Å². The van der Waals surface area contributed by atoms with Gasteiger partial charge in [0, 0.05) is 43.6 Å². The van der Waals surface area contributed by atoms with E-state index in [-0.39, 0.29) is 6.03 Å². The molecule has 1 saturated carbocycles. The summed E-state index contributed by atoms with van der Waals surface area (Å²) in [6, 6.07) is 8.51.